The van der Waals surface area contributed by atoms with E-state index in [1.54, 1.807) is 0 Å². The zero-order valence-corrected chi connectivity index (χ0v) is 17.7. The Morgan fingerprint density at radius 3 is 2.67 bits per heavy atom. The van der Waals surface area contributed by atoms with Gasteiger partial charge in [-0.3, -0.25) is 14.6 Å². The van der Waals surface area contributed by atoms with Gasteiger partial charge in [0.25, 0.3) is 0 Å². The van der Waals surface area contributed by atoms with Crippen LogP contribution in [0.25, 0.3) is 0 Å². The molecule has 0 saturated heterocycles. The lowest BCUT2D eigenvalue weighted by Crippen LogP contribution is -2.54. The molecule has 3 aliphatic carbocycles. The Balaban J connectivity index is 1.44. The lowest BCUT2D eigenvalue weighted by atomic mass is 9.49. The predicted molar refractivity (Wildman–Crippen MR) is 110 cm³/mol. The number of carbonyl (C=O) groups excluding carboxylic acids is 2. The summed E-state index contributed by atoms with van der Waals surface area (Å²) < 4.78 is 27.7. The normalized spacial score (nSPS) is 40.3. The van der Waals surface area contributed by atoms with Crippen LogP contribution in [-0.4, -0.2) is 23.8 Å². The molecule has 0 aromatic heterocycles. The van der Waals surface area contributed by atoms with Gasteiger partial charge in [0.1, 0.15) is 17.4 Å². The molecule has 0 unspecified atom stereocenters. The van der Waals surface area contributed by atoms with Gasteiger partial charge in [0.15, 0.2) is 5.78 Å². The summed E-state index contributed by atoms with van der Waals surface area (Å²) in [6.45, 7) is 5.25. The Hall–Kier alpha value is -1.91. The number of carbonyl (C=O) groups is 2. The quantitative estimate of drug-likeness (QED) is 0.608. The zero-order valence-electron chi connectivity index (χ0n) is 17.7. The number of Topliss-reactive ketones (excluding diaryl/α,β-unsaturated/α-hetero) is 2. The summed E-state index contributed by atoms with van der Waals surface area (Å²) in [5.41, 5.74) is 0.950. The first-order chi connectivity index (χ1) is 14.2. The fourth-order valence-corrected chi connectivity index (χ4v) is 7.51. The molecule has 6 atom stereocenters. The second kappa shape index (κ2) is 6.80. The minimum Gasteiger partial charge on any atom is -0.299 e. The van der Waals surface area contributed by atoms with Crippen molar-refractivity contribution in [3.63, 3.8) is 0 Å². The Kier molecular flexibility index (Phi) is 4.53. The standard InChI is InChI=1S/C25H29F2NO2/c1-24-10-8-19-17(13-28-22-12-15(29)7-9-25(19,22)2)18(24)5-6-20(24)23(30)16-4-3-14(26)11-21(16)27/h3-4,11,17-20H,5-10,12-13H2,1-2H3/t17-,18-,19-,20+,24-,25+/m0/s1. The number of hydrogen-bond acceptors (Lipinski definition) is 3. The Labute approximate surface area is 176 Å². The molecule has 0 N–H and O–H groups in total. The van der Waals surface area contributed by atoms with Gasteiger partial charge in [0, 0.05) is 42.5 Å². The minimum atomic E-state index is -0.757. The molecule has 1 aliphatic heterocycles. The molecule has 30 heavy (non-hydrogen) atoms. The van der Waals surface area contributed by atoms with Crippen LogP contribution in [0.3, 0.4) is 0 Å². The third-order valence-electron chi connectivity index (χ3n) is 9.21. The largest absolute Gasteiger partial charge is 0.299 e. The van der Waals surface area contributed by atoms with E-state index in [1.807, 2.05) is 0 Å². The second-order valence-electron chi connectivity index (χ2n) is 10.5. The van der Waals surface area contributed by atoms with Crippen LogP contribution in [0.2, 0.25) is 0 Å². The first-order valence-corrected chi connectivity index (χ1v) is 11.3. The van der Waals surface area contributed by atoms with Crippen LogP contribution < -0.4 is 0 Å². The Morgan fingerprint density at radius 1 is 1.10 bits per heavy atom. The summed E-state index contributed by atoms with van der Waals surface area (Å²) >= 11 is 0. The minimum absolute atomic E-state index is 0.00329. The molecule has 5 heteroatoms. The molecule has 0 spiro atoms. The summed E-state index contributed by atoms with van der Waals surface area (Å²) in [5.74, 6) is -0.206. The van der Waals surface area contributed by atoms with Gasteiger partial charge in [0.05, 0.1) is 5.56 Å². The molecule has 5 rings (SSSR count). The van der Waals surface area contributed by atoms with E-state index in [4.69, 9.17) is 4.99 Å². The lowest BCUT2D eigenvalue weighted by molar-refractivity contribution is -0.120. The van der Waals surface area contributed by atoms with Crippen molar-refractivity contribution in [2.75, 3.05) is 6.54 Å². The fourth-order valence-electron chi connectivity index (χ4n) is 7.51. The molecule has 1 aromatic rings. The fraction of sp³-hybridized carbons (Fsp3) is 0.640. The average Bonchev–Trinajstić information content (AvgIpc) is 3.05. The first-order valence-electron chi connectivity index (χ1n) is 11.3. The van der Waals surface area contributed by atoms with Gasteiger partial charge >= 0.3 is 0 Å². The van der Waals surface area contributed by atoms with Gasteiger partial charge in [-0.15, -0.1) is 0 Å². The lowest BCUT2D eigenvalue weighted by Gasteiger charge is -2.56. The highest BCUT2D eigenvalue weighted by atomic mass is 19.1. The van der Waals surface area contributed by atoms with E-state index in [-0.39, 0.29) is 28.1 Å². The van der Waals surface area contributed by atoms with Crippen molar-refractivity contribution in [2.24, 2.45) is 39.5 Å². The van der Waals surface area contributed by atoms with Crippen LogP contribution in [0.5, 0.6) is 0 Å². The first kappa shape index (κ1) is 20.0. The maximum absolute atomic E-state index is 14.3. The van der Waals surface area contributed by atoms with E-state index in [0.29, 0.717) is 36.4 Å². The van der Waals surface area contributed by atoms with Crippen molar-refractivity contribution >= 4 is 17.3 Å². The molecule has 0 radical (unpaired) electrons. The molecule has 0 amide bonds. The summed E-state index contributed by atoms with van der Waals surface area (Å²) in [5, 5.41) is 0. The predicted octanol–water partition coefficient (Wildman–Crippen LogP) is 5.42. The number of ketones is 2. The van der Waals surface area contributed by atoms with Crippen molar-refractivity contribution in [2.45, 2.75) is 58.8 Å². The van der Waals surface area contributed by atoms with Gasteiger partial charge in [0.2, 0.25) is 0 Å². The van der Waals surface area contributed by atoms with Crippen molar-refractivity contribution in [1.29, 1.82) is 0 Å². The van der Waals surface area contributed by atoms with Crippen LogP contribution in [0, 0.1) is 46.1 Å². The van der Waals surface area contributed by atoms with E-state index >= 15 is 0 Å². The Bertz CT molecular complexity index is 956. The third-order valence-corrected chi connectivity index (χ3v) is 9.21. The van der Waals surface area contributed by atoms with Gasteiger partial charge in [-0.25, -0.2) is 8.78 Å². The smallest absolute Gasteiger partial charge is 0.169 e. The molecule has 4 aliphatic rings. The Morgan fingerprint density at radius 2 is 1.90 bits per heavy atom. The highest BCUT2D eigenvalue weighted by Crippen LogP contribution is 2.64. The van der Waals surface area contributed by atoms with Crippen LogP contribution in [-0.2, 0) is 4.79 Å². The number of hydrogen-bond donors (Lipinski definition) is 0. The van der Waals surface area contributed by atoms with Gasteiger partial charge < -0.3 is 0 Å². The summed E-state index contributed by atoms with van der Waals surface area (Å²) in [4.78, 5) is 30.2. The monoisotopic (exact) mass is 413 g/mol. The molecule has 160 valence electrons. The third kappa shape index (κ3) is 2.76. The molecule has 3 nitrogen and oxygen atoms in total. The molecule has 3 fully saturated rings. The van der Waals surface area contributed by atoms with E-state index in [2.05, 4.69) is 13.8 Å². The highest BCUT2D eigenvalue weighted by molar-refractivity contribution is 6.07. The van der Waals surface area contributed by atoms with Crippen molar-refractivity contribution in [3.05, 3.63) is 35.4 Å². The number of halogens is 2. The van der Waals surface area contributed by atoms with Crippen LogP contribution in [0.15, 0.2) is 23.2 Å². The number of nitrogens with zero attached hydrogens (tertiary/aromatic N) is 1. The summed E-state index contributed by atoms with van der Waals surface area (Å²) in [6, 6.07) is 3.28. The van der Waals surface area contributed by atoms with Gasteiger partial charge in [-0.05, 0) is 67.4 Å². The maximum atomic E-state index is 14.3. The van der Waals surface area contributed by atoms with Gasteiger partial charge in [-0.2, -0.15) is 0 Å². The van der Waals surface area contributed by atoms with E-state index < -0.39 is 11.6 Å². The van der Waals surface area contributed by atoms with Gasteiger partial charge in [-0.1, -0.05) is 13.8 Å². The summed E-state index contributed by atoms with van der Waals surface area (Å²) in [6.07, 6.45) is 5.71. The average molecular weight is 414 g/mol. The summed E-state index contributed by atoms with van der Waals surface area (Å²) in [7, 11) is 0. The SMILES string of the molecule is C[C@]12CC[C@H]3[C@@H](CN=C4CC(=O)CC[C@@]43C)[C@@H]1CC[C@@H]2C(=O)c1ccc(F)cc1F. The topological polar surface area (TPSA) is 46.5 Å². The molecule has 3 saturated carbocycles. The molecule has 1 heterocycles. The molecular formula is C25H29F2NO2. The van der Waals surface area contributed by atoms with E-state index in [0.717, 1.165) is 50.4 Å². The van der Waals surface area contributed by atoms with Crippen LogP contribution >= 0.6 is 0 Å². The van der Waals surface area contributed by atoms with Crippen LogP contribution in [0.1, 0.15) is 69.2 Å². The molecule has 0 bridgehead atoms. The van der Waals surface area contributed by atoms with Crippen molar-refractivity contribution < 1.29 is 18.4 Å². The maximum Gasteiger partial charge on any atom is 0.169 e. The van der Waals surface area contributed by atoms with E-state index in [1.165, 1.54) is 12.1 Å². The van der Waals surface area contributed by atoms with E-state index in [9.17, 15) is 18.4 Å². The highest BCUT2D eigenvalue weighted by Gasteiger charge is 2.60. The molecular weight excluding hydrogens is 384 g/mol. The van der Waals surface area contributed by atoms with Crippen molar-refractivity contribution in [3.8, 4) is 0 Å². The zero-order chi connectivity index (χ0) is 21.3. The number of fused-ring (bicyclic) bond motifs is 5. The number of rotatable bonds is 2. The number of benzene rings is 1. The second-order valence-corrected chi connectivity index (χ2v) is 10.5. The van der Waals surface area contributed by atoms with Crippen LogP contribution in [0.4, 0.5) is 8.78 Å². The number of aliphatic imine (C=N–C) groups is 1. The molecule has 1 aromatic carbocycles. The van der Waals surface area contributed by atoms with Crippen molar-refractivity contribution in [1.82, 2.24) is 0 Å².